The number of aliphatic hydroxyl groups excluding tert-OH is 1. The molecule has 2 aromatic carbocycles. The van der Waals surface area contributed by atoms with Crippen LogP contribution in [-0.4, -0.2) is 42.6 Å². The second-order valence-electron chi connectivity index (χ2n) is 9.13. The number of aliphatic hydroxyl groups is 1. The number of hydrogen-bond donors (Lipinski definition) is 3. The fourth-order valence-corrected chi connectivity index (χ4v) is 6.17. The molecule has 194 valence electrons. The van der Waals surface area contributed by atoms with Crippen LogP contribution in [0.1, 0.15) is 53.2 Å². The highest BCUT2D eigenvalue weighted by molar-refractivity contribution is 7.90. The van der Waals surface area contributed by atoms with Crippen LogP contribution in [0.15, 0.2) is 71.9 Å². The molecular formula is C26H27FN4O5S. The van der Waals surface area contributed by atoms with Crippen molar-refractivity contribution in [2.45, 2.75) is 37.2 Å². The number of pyridine rings is 1. The van der Waals surface area contributed by atoms with E-state index in [1.54, 1.807) is 56.3 Å². The van der Waals surface area contributed by atoms with Crippen molar-refractivity contribution >= 4 is 22.0 Å². The van der Waals surface area contributed by atoms with E-state index in [1.165, 1.54) is 24.4 Å². The molecule has 2 atom stereocenters. The van der Waals surface area contributed by atoms with Crippen molar-refractivity contribution in [1.82, 2.24) is 9.71 Å². The van der Waals surface area contributed by atoms with Gasteiger partial charge in [0.15, 0.2) is 0 Å². The fraction of sp³-hybridized carbons (Fsp3) is 0.269. The standard InChI is InChI=1S/C26H27FN4O5S/c1-26(2)23(17-9-7-16(8-10-17)18-11-13-29-22(15-18)24(28)33)37(34,35)31-25(36-26)30-21(12-14-32)19-5-3-4-6-20(19)27/h3-11,13,15,21,23,32H,12,14H2,1-2H3,(H2,28,33)(H,30,31)/t21-,23+/m0/s1. The Balaban J connectivity index is 1.63. The molecule has 1 aliphatic rings. The summed E-state index contributed by atoms with van der Waals surface area (Å²) in [6.07, 6.45) is 1.55. The van der Waals surface area contributed by atoms with Crippen molar-refractivity contribution in [2.24, 2.45) is 10.7 Å². The van der Waals surface area contributed by atoms with Gasteiger partial charge in [0, 0.05) is 18.4 Å². The minimum absolute atomic E-state index is 0.0767. The summed E-state index contributed by atoms with van der Waals surface area (Å²) < 4.78 is 49.5. The molecule has 0 radical (unpaired) electrons. The molecule has 37 heavy (non-hydrogen) atoms. The van der Waals surface area contributed by atoms with E-state index < -0.39 is 38.6 Å². The number of aromatic nitrogens is 1. The van der Waals surface area contributed by atoms with Crippen LogP contribution < -0.4 is 10.5 Å². The highest BCUT2D eigenvalue weighted by Gasteiger charge is 2.48. The number of primary amides is 1. The zero-order valence-corrected chi connectivity index (χ0v) is 21.1. The second kappa shape index (κ2) is 10.3. The summed E-state index contributed by atoms with van der Waals surface area (Å²) in [5.41, 5.74) is 6.34. The normalized spacial score (nSPS) is 20.0. The van der Waals surface area contributed by atoms with Crippen molar-refractivity contribution in [3.8, 4) is 11.1 Å². The number of benzene rings is 2. The fourth-order valence-electron chi connectivity index (χ4n) is 4.40. The molecule has 0 aliphatic carbocycles. The van der Waals surface area contributed by atoms with Gasteiger partial charge in [-0.15, -0.1) is 0 Å². The van der Waals surface area contributed by atoms with Gasteiger partial charge in [0.1, 0.15) is 22.4 Å². The van der Waals surface area contributed by atoms with Crippen LogP contribution in [0.3, 0.4) is 0 Å². The van der Waals surface area contributed by atoms with Crippen LogP contribution in [-0.2, 0) is 14.8 Å². The number of amides is 1. The molecule has 0 unspecified atom stereocenters. The summed E-state index contributed by atoms with van der Waals surface area (Å²) in [6, 6.07) is 15.0. The SMILES string of the molecule is CC1(C)OC(=N[C@@H](CCO)c2ccccc2F)NS(=O)(=O)[C@@H]1c1ccc(-c2ccnc(C(N)=O)c2)cc1. The number of hydrogen-bond acceptors (Lipinski definition) is 7. The molecule has 1 fully saturated rings. The lowest BCUT2D eigenvalue weighted by Crippen LogP contribution is -2.53. The minimum Gasteiger partial charge on any atom is -0.457 e. The Bertz CT molecular complexity index is 1440. The first-order valence-electron chi connectivity index (χ1n) is 11.5. The number of ether oxygens (including phenoxy) is 1. The van der Waals surface area contributed by atoms with Gasteiger partial charge in [0.05, 0.1) is 6.04 Å². The maximum Gasteiger partial charge on any atom is 0.299 e. The number of amidine groups is 1. The van der Waals surface area contributed by atoms with E-state index in [9.17, 15) is 22.7 Å². The third kappa shape index (κ3) is 5.62. The Morgan fingerprint density at radius 3 is 2.51 bits per heavy atom. The lowest BCUT2D eigenvalue weighted by Gasteiger charge is -2.39. The first kappa shape index (κ1) is 26.2. The maximum absolute atomic E-state index is 14.4. The Hall–Kier alpha value is -3.83. The lowest BCUT2D eigenvalue weighted by molar-refractivity contribution is 0.0758. The maximum atomic E-state index is 14.4. The third-order valence-corrected chi connectivity index (χ3v) is 7.95. The topological polar surface area (TPSA) is 144 Å². The highest BCUT2D eigenvalue weighted by atomic mass is 32.2. The quantitative estimate of drug-likeness (QED) is 0.431. The zero-order valence-electron chi connectivity index (χ0n) is 20.3. The van der Waals surface area contributed by atoms with Gasteiger partial charge in [-0.25, -0.2) is 22.5 Å². The molecule has 9 nitrogen and oxygen atoms in total. The largest absolute Gasteiger partial charge is 0.457 e. The van der Waals surface area contributed by atoms with Gasteiger partial charge in [-0.05, 0) is 55.2 Å². The van der Waals surface area contributed by atoms with Gasteiger partial charge in [-0.3, -0.25) is 9.78 Å². The number of sulfonamides is 1. The molecule has 1 saturated heterocycles. The first-order valence-corrected chi connectivity index (χ1v) is 13.1. The van der Waals surface area contributed by atoms with Gasteiger partial charge < -0.3 is 15.6 Å². The summed E-state index contributed by atoms with van der Waals surface area (Å²) in [7, 11) is -4.01. The van der Waals surface area contributed by atoms with Gasteiger partial charge in [-0.2, -0.15) is 0 Å². The van der Waals surface area contributed by atoms with Crippen molar-refractivity contribution in [1.29, 1.82) is 0 Å². The molecule has 11 heteroatoms. The summed E-state index contributed by atoms with van der Waals surface area (Å²) in [5.74, 6) is -1.16. The second-order valence-corrected chi connectivity index (χ2v) is 10.9. The van der Waals surface area contributed by atoms with Gasteiger partial charge >= 0.3 is 0 Å². The van der Waals surface area contributed by atoms with Crippen LogP contribution in [0.25, 0.3) is 11.1 Å². The average Bonchev–Trinajstić information content (AvgIpc) is 2.83. The van der Waals surface area contributed by atoms with E-state index in [-0.39, 0.29) is 30.3 Å². The van der Waals surface area contributed by atoms with E-state index in [0.29, 0.717) is 11.1 Å². The average molecular weight is 527 g/mol. The van der Waals surface area contributed by atoms with Crippen LogP contribution in [0, 0.1) is 5.82 Å². The number of carbonyl (C=O) groups is 1. The molecule has 0 spiro atoms. The number of nitrogens with zero attached hydrogens (tertiary/aromatic N) is 2. The molecule has 1 aliphatic heterocycles. The van der Waals surface area contributed by atoms with E-state index in [0.717, 1.165) is 5.56 Å². The summed E-state index contributed by atoms with van der Waals surface area (Å²) in [6.45, 7) is 2.98. The first-order chi connectivity index (χ1) is 17.5. The summed E-state index contributed by atoms with van der Waals surface area (Å²) in [4.78, 5) is 19.7. The van der Waals surface area contributed by atoms with Gasteiger partial charge in [-0.1, -0.05) is 42.5 Å². The molecule has 4 N–H and O–H groups in total. The molecule has 4 rings (SSSR count). The van der Waals surface area contributed by atoms with E-state index in [2.05, 4.69) is 14.7 Å². The van der Waals surface area contributed by atoms with Crippen molar-refractivity contribution in [3.63, 3.8) is 0 Å². The highest BCUT2D eigenvalue weighted by Crippen LogP contribution is 2.39. The molecule has 0 bridgehead atoms. The predicted octanol–water partition coefficient (Wildman–Crippen LogP) is 3.24. The monoisotopic (exact) mass is 526 g/mol. The van der Waals surface area contributed by atoms with Crippen molar-refractivity contribution in [2.75, 3.05) is 6.61 Å². The number of halogens is 1. The molecular weight excluding hydrogens is 499 g/mol. The molecule has 3 aromatic rings. The number of nitrogens with two attached hydrogens (primary N) is 1. The smallest absolute Gasteiger partial charge is 0.299 e. The van der Waals surface area contributed by atoms with E-state index in [1.807, 2.05) is 0 Å². The van der Waals surface area contributed by atoms with Crippen LogP contribution in [0.5, 0.6) is 0 Å². The Morgan fingerprint density at radius 1 is 1.19 bits per heavy atom. The minimum atomic E-state index is -4.01. The summed E-state index contributed by atoms with van der Waals surface area (Å²) >= 11 is 0. The number of carbonyl (C=O) groups excluding carboxylic acids is 1. The number of nitrogens with one attached hydrogen (secondary N) is 1. The molecule has 1 aromatic heterocycles. The molecule has 2 heterocycles. The van der Waals surface area contributed by atoms with E-state index >= 15 is 0 Å². The Labute approximate surface area is 214 Å². The van der Waals surface area contributed by atoms with Crippen molar-refractivity contribution in [3.05, 3.63) is 89.5 Å². The predicted molar refractivity (Wildman–Crippen MR) is 136 cm³/mol. The number of rotatable bonds is 7. The molecule has 0 saturated carbocycles. The van der Waals surface area contributed by atoms with Crippen LogP contribution >= 0.6 is 0 Å². The van der Waals surface area contributed by atoms with Crippen LogP contribution in [0.2, 0.25) is 0 Å². The Morgan fingerprint density at radius 2 is 1.89 bits per heavy atom. The lowest BCUT2D eigenvalue weighted by atomic mass is 9.95. The Kier molecular flexibility index (Phi) is 7.28. The van der Waals surface area contributed by atoms with Crippen LogP contribution in [0.4, 0.5) is 4.39 Å². The van der Waals surface area contributed by atoms with Crippen molar-refractivity contribution < 1.29 is 27.4 Å². The summed E-state index contributed by atoms with van der Waals surface area (Å²) in [5, 5.41) is 8.38. The van der Waals surface area contributed by atoms with E-state index in [4.69, 9.17) is 10.5 Å². The molecule has 1 amide bonds. The zero-order chi connectivity index (χ0) is 26.8. The third-order valence-electron chi connectivity index (χ3n) is 6.03. The van der Waals surface area contributed by atoms with Gasteiger partial charge in [0.2, 0.25) is 10.0 Å². The van der Waals surface area contributed by atoms with Gasteiger partial charge in [0.25, 0.3) is 11.9 Å². The number of aliphatic imine (C=N–C) groups is 1.